The first-order chi connectivity index (χ1) is 5.15. The number of furan rings is 1. The Labute approximate surface area is 68.6 Å². The van der Waals surface area contributed by atoms with Crippen molar-refractivity contribution in [1.29, 1.82) is 0 Å². The minimum Gasteiger partial charge on any atom is -0.441 e. The third-order valence-corrected chi connectivity index (χ3v) is 1.59. The Balaban J connectivity index is 3.05. The number of ketones is 1. The minimum absolute atomic E-state index is 0.0812. The molecule has 1 aromatic heterocycles. The van der Waals surface area contributed by atoms with E-state index in [0.717, 1.165) is 0 Å². The highest BCUT2D eigenvalue weighted by Gasteiger charge is 2.10. The van der Waals surface area contributed by atoms with Gasteiger partial charge in [0.1, 0.15) is 0 Å². The molecule has 0 radical (unpaired) electrons. The zero-order valence-electron chi connectivity index (χ0n) is 5.93. The number of aliphatic hydroxyl groups is 1. The van der Waals surface area contributed by atoms with Crippen LogP contribution in [0, 0.1) is 0 Å². The summed E-state index contributed by atoms with van der Waals surface area (Å²) in [5.74, 6) is -0.0225. The van der Waals surface area contributed by atoms with Gasteiger partial charge in [-0.15, -0.1) is 0 Å². The van der Waals surface area contributed by atoms with E-state index in [1.807, 2.05) is 0 Å². The molecule has 0 amide bonds. The minimum atomic E-state index is -0.213. The Kier molecular flexibility index (Phi) is 2.31. The Hall–Kier alpha value is -0.800. The molecule has 0 aromatic carbocycles. The Bertz CT molecular complexity index is 277. The van der Waals surface area contributed by atoms with Gasteiger partial charge in [-0.1, -0.05) is 0 Å². The Morgan fingerprint density at radius 2 is 2.45 bits per heavy atom. The normalized spacial score (nSPS) is 10.1. The molecule has 1 aromatic rings. The van der Waals surface area contributed by atoms with Gasteiger partial charge < -0.3 is 9.52 Å². The summed E-state index contributed by atoms with van der Waals surface area (Å²) in [6.07, 6.45) is 0. The summed E-state index contributed by atoms with van der Waals surface area (Å²) in [4.78, 5) is 10.7. The van der Waals surface area contributed by atoms with Gasteiger partial charge in [0.2, 0.25) is 0 Å². The third-order valence-electron chi connectivity index (χ3n) is 1.27. The van der Waals surface area contributed by atoms with E-state index in [9.17, 15) is 4.79 Å². The number of Topliss-reactive ketones (excluding diaryl/α,β-unsaturated/α-hetero) is 1. The van der Waals surface area contributed by atoms with Crippen LogP contribution in [-0.4, -0.2) is 10.9 Å². The summed E-state index contributed by atoms with van der Waals surface area (Å²) in [5, 5.41) is 8.74. The molecular formula is C7H7ClO3. The second-order valence-electron chi connectivity index (χ2n) is 2.12. The zero-order valence-corrected chi connectivity index (χ0v) is 6.68. The van der Waals surface area contributed by atoms with Gasteiger partial charge in [0, 0.05) is 12.5 Å². The fourth-order valence-electron chi connectivity index (χ4n) is 0.688. The number of carbonyl (C=O) groups is 1. The number of hydrogen-bond donors (Lipinski definition) is 1. The Morgan fingerprint density at radius 3 is 2.73 bits per heavy atom. The van der Waals surface area contributed by atoms with Gasteiger partial charge in [-0.2, -0.15) is 0 Å². The molecule has 0 aliphatic carbocycles. The molecule has 1 heterocycles. The van der Waals surface area contributed by atoms with E-state index < -0.39 is 0 Å². The molecule has 1 N–H and O–H groups in total. The highest BCUT2D eigenvalue weighted by molar-refractivity contribution is 6.29. The van der Waals surface area contributed by atoms with Crippen molar-refractivity contribution in [3.63, 3.8) is 0 Å². The van der Waals surface area contributed by atoms with Crippen molar-refractivity contribution < 1.29 is 14.3 Å². The van der Waals surface area contributed by atoms with Gasteiger partial charge in [0.25, 0.3) is 0 Å². The van der Waals surface area contributed by atoms with Crippen LogP contribution in [0.2, 0.25) is 5.22 Å². The summed E-state index contributed by atoms with van der Waals surface area (Å²) in [6, 6.07) is 1.44. The highest BCUT2D eigenvalue weighted by Crippen LogP contribution is 2.20. The maximum atomic E-state index is 10.7. The van der Waals surface area contributed by atoms with Crippen molar-refractivity contribution in [1.82, 2.24) is 0 Å². The van der Waals surface area contributed by atoms with Crippen LogP contribution in [0.1, 0.15) is 23.0 Å². The SMILES string of the molecule is CC(=O)c1cc(CO)c(Cl)o1. The van der Waals surface area contributed by atoms with Crippen LogP contribution in [0.15, 0.2) is 10.5 Å². The first-order valence-corrected chi connectivity index (χ1v) is 3.43. The largest absolute Gasteiger partial charge is 0.441 e. The molecule has 0 fully saturated rings. The maximum absolute atomic E-state index is 10.7. The van der Waals surface area contributed by atoms with E-state index in [1.54, 1.807) is 0 Å². The average Bonchev–Trinajstić information content (AvgIpc) is 2.31. The van der Waals surface area contributed by atoms with Gasteiger partial charge in [-0.25, -0.2) is 0 Å². The van der Waals surface area contributed by atoms with Crippen LogP contribution < -0.4 is 0 Å². The van der Waals surface area contributed by atoms with Crippen molar-refractivity contribution in [3.8, 4) is 0 Å². The summed E-state index contributed by atoms with van der Waals surface area (Å²) in [5.41, 5.74) is 0.442. The molecule has 60 valence electrons. The molecule has 4 heteroatoms. The molecular weight excluding hydrogens is 168 g/mol. The monoisotopic (exact) mass is 174 g/mol. The zero-order chi connectivity index (χ0) is 8.43. The van der Waals surface area contributed by atoms with Gasteiger partial charge in [-0.05, 0) is 17.7 Å². The molecule has 0 unspecified atom stereocenters. The quantitative estimate of drug-likeness (QED) is 0.694. The second-order valence-corrected chi connectivity index (χ2v) is 2.47. The van der Waals surface area contributed by atoms with E-state index >= 15 is 0 Å². The lowest BCUT2D eigenvalue weighted by molar-refractivity contribution is 0.0987. The number of carbonyl (C=O) groups excluding carboxylic acids is 1. The summed E-state index contributed by atoms with van der Waals surface area (Å²) >= 11 is 5.51. The van der Waals surface area contributed by atoms with E-state index in [-0.39, 0.29) is 23.4 Å². The lowest BCUT2D eigenvalue weighted by Gasteiger charge is -1.83. The van der Waals surface area contributed by atoms with E-state index in [0.29, 0.717) is 5.56 Å². The van der Waals surface area contributed by atoms with E-state index in [1.165, 1.54) is 13.0 Å². The molecule has 1 rings (SSSR count). The molecule has 0 bridgehead atoms. The van der Waals surface area contributed by atoms with Crippen LogP contribution in [0.5, 0.6) is 0 Å². The topological polar surface area (TPSA) is 50.4 Å². The maximum Gasteiger partial charge on any atom is 0.199 e. The third kappa shape index (κ3) is 1.61. The molecule has 0 spiro atoms. The molecule has 0 aliphatic rings. The summed E-state index contributed by atoms with van der Waals surface area (Å²) in [6.45, 7) is 1.16. The van der Waals surface area contributed by atoms with Crippen LogP contribution in [0.4, 0.5) is 0 Å². The lowest BCUT2D eigenvalue weighted by Crippen LogP contribution is -1.86. The fraction of sp³-hybridized carbons (Fsp3) is 0.286. The van der Waals surface area contributed by atoms with Gasteiger partial charge >= 0.3 is 0 Å². The van der Waals surface area contributed by atoms with Gasteiger partial charge in [0.15, 0.2) is 16.8 Å². The number of rotatable bonds is 2. The van der Waals surface area contributed by atoms with Gasteiger partial charge in [-0.3, -0.25) is 4.79 Å². The lowest BCUT2D eigenvalue weighted by atomic mass is 10.3. The number of halogens is 1. The standard InChI is InChI=1S/C7H7ClO3/c1-4(10)6-2-5(3-9)7(8)11-6/h2,9H,3H2,1H3. The van der Waals surface area contributed by atoms with Gasteiger partial charge in [0.05, 0.1) is 6.61 Å². The van der Waals surface area contributed by atoms with Crippen molar-refractivity contribution >= 4 is 17.4 Å². The molecule has 0 saturated heterocycles. The van der Waals surface area contributed by atoms with E-state index in [2.05, 4.69) is 0 Å². The first-order valence-electron chi connectivity index (χ1n) is 3.05. The first kappa shape index (κ1) is 8.30. The van der Waals surface area contributed by atoms with Crippen molar-refractivity contribution in [3.05, 3.63) is 22.6 Å². The van der Waals surface area contributed by atoms with Crippen LogP contribution >= 0.6 is 11.6 Å². The molecule has 0 atom stereocenters. The smallest absolute Gasteiger partial charge is 0.199 e. The summed E-state index contributed by atoms with van der Waals surface area (Å²) < 4.78 is 4.82. The van der Waals surface area contributed by atoms with Crippen molar-refractivity contribution in [2.75, 3.05) is 0 Å². The van der Waals surface area contributed by atoms with Crippen LogP contribution in [0.3, 0.4) is 0 Å². The van der Waals surface area contributed by atoms with Crippen molar-refractivity contribution in [2.24, 2.45) is 0 Å². The van der Waals surface area contributed by atoms with Crippen LogP contribution in [-0.2, 0) is 6.61 Å². The highest BCUT2D eigenvalue weighted by atomic mass is 35.5. The summed E-state index contributed by atoms with van der Waals surface area (Å²) in [7, 11) is 0. The predicted octanol–water partition coefficient (Wildman–Crippen LogP) is 1.63. The predicted molar refractivity (Wildman–Crippen MR) is 39.6 cm³/mol. The Morgan fingerprint density at radius 1 is 1.82 bits per heavy atom. The van der Waals surface area contributed by atoms with Crippen LogP contribution in [0.25, 0.3) is 0 Å². The molecule has 0 aliphatic heterocycles. The fourth-order valence-corrected chi connectivity index (χ4v) is 0.885. The van der Waals surface area contributed by atoms with E-state index in [4.69, 9.17) is 21.1 Å². The van der Waals surface area contributed by atoms with Crippen molar-refractivity contribution in [2.45, 2.75) is 13.5 Å². The molecule has 3 nitrogen and oxygen atoms in total. The second kappa shape index (κ2) is 3.07. The molecule has 11 heavy (non-hydrogen) atoms. The molecule has 0 saturated carbocycles. The average molecular weight is 175 g/mol. The number of hydrogen-bond acceptors (Lipinski definition) is 3. The number of aliphatic hydroxyl groups excluding tert-OH is 1.